The molecule has 0 spiro atoms. The number of aryl methyl sites for hydroxylation is 1. The Balaban J connectivity index is 1.67. The molecule has 1 aromatic heterocycles. The Morgan fingerprint density at radius 2 is 2.00 bits per heavy atom. The second-order valence-electron chi connectivity index (χ2n) is 6.26. The summed E-state index contributed by atoms with van der Waals surface area (Å²) in [6, 6.07) is 9.02. The maximum atomic E-state index is 12.3. The average Bonchev–Trinajstić information content (AvgIpc) is 2.66. The van der Waals surface area contributed by atoms with Crippen LogP contribution in [-0.4, -0.2) is 36.1 Å². The van der Waals surface area contributed by atoms with E-state index in [0.29, 0.717) is 17.9 Å². The summed E-state index contributed by atoms with van der Waals surface area (Å²) in [4.78, 5) is 23.7. The van der Waals surface area contributed by atoms with Gasteiger partial charge in [-0.3, -0.25) is 4.79 Å². The van der Waals surface area contributed by atoms with Gasteiger partial charge in [-0.05, 0) is 50.5 Å². The van der Waals surface area contributed by atoms with E-state index >= 15 is 0 Å². The number of ether oxygens (including phenoxy) is 1. The van der Waals surface area contributed by atoms with Gasteiger partial charge in [0.2, 0.25) is 5.95 Å². The van der Waals surface area contributed by atoms with Crippen molar-refractivity contribution < 1.29 is 9.53 Å². The molecule has 1 saturated heterocycles. The summed E-state index contributed by atoms with van der Waals surface area (Å²) in [6.45, 7) is 4.33. The van der Waals surface area contributed by atoms with E-state index in [-0.39, 0.29) is 5.91 Å². The molecule has 2 heterocycles. The molecule has 25 heavy (non-hydrogen) atoms. The number of carbonyl (C=O) groups excluding carboxylic acids is 1. The van der Waals surface area contributed by atoms with E-state index in [4.69, 9.17) is 4.74 Å². The number of anilines is 1. The van der Waals surface area contributed by atoms with Crippen molar-refractivity contribution in [3.8, 4) is 5.75 Å². The summed E-state index contributed by atoms with van der Waals surface area (Å²) >= 11 is 0. The van der Waals surface area contributed by atoms with Crippen molar-refractivity contribution in [2.24, 2.45) is 0 Å². The third kappa shape index (κ3) is 4.47. The number of methoxy groups -OCH3 is 1. The molecule has 1 N–H and O–H groups in total. The Hall–Kier alpha value is -2.63. The van der Waals surface area contributed by atoms with Gasteiger partial charge >= 0.3 is 0 Å². The molecule has 1 fully saturated rings. The highest BCUT2D eigenvalue weighted by molar-refractivity contribution is 5.94. The van der Waals surface area contributed by atoms with Crippen molar-refractivity contribution in [2.45, 2.75) is 32.7 Å². The number of hydrogen-bond acceptors (Lipinski definition) is 5. The third-order valence-electron chi connectivity index (χ3n) is 4.30. The first-order valence-electron chi connectivity index (χ1n) is 8.67. The molecule has 2 aromatic rings. The Morgan fingerprint density at radius 1 is 1.20 bits per heavy atom. The fraction of sp³-hybridized carbons (Fsp3) is 0.421. The van der Waals surface area contributed by atoms with E-state index in [1.165, 1.54) is 19.3 Å². The molecule has 0 unspecified atom stereocenters. The van der Waals surface area contributed by atoms with E-state index in [9.17, 15) is 4.79 Å². The molecule has 132 valence electrons. The predicted octanol–water partition coefficient (Wildman–Crippen LogP) is 2.71. The number of piperidine rings is 1. The van der Waals surface area contributed by atoms with E-state index in [0.717, 1.165) is 30.4 Å². The Labute approximate surface area is 148 Å². The zero-order chi connectivity index (χ0) is 17.6. The monoisotopic (exact) mass is 340 g/mol. The van der Waals surface area contributed by atoms with E-state index < -0.39 is 0 Å². The van der Waals surface area contributed by atoms with Gasteiger partial charge in [0.05, 0.1) is 19.3 Å². The molecule has 1 amide bonds. The minimum Gasteiger partial charge on any atom is -0.497 e. The van der Waals surface area contributed by atoms with Crippen LogP contribution in [0.4, 0.5) is 5.95 Å². The molecule has 1 aliphatic heterocycles. The van der Waals surface area contributed by atoms with Crippen LogP contribution in [0.5, 0.6) is 5.75 Å². The second-order valence-corrected chi connectivity index (χ2v) is 6.26. The van der Waals surface area contributed by atoms with Crippen LogP contribution in [0.2, 0.25) is 0 Å². The lowest BCUT2D eigenvalue weighted by Gasteiger charge is -2.27. The zero-order valence-electron chi connectivity index (χ0n) is 14.8. The quantitative estimate of drug-likeness (QED) is 0.906. The Kier molecular flexibility index (Phi) is 5.48. The van der Waals surface area contributed by atoms with Crippen LogP contribution in [-0.2, 0) is 6.54 Å². The molecule has 3 rings (SSSR count). The van der Waals surface area contributed by atoms with Crippen molar-refractivity contribution in [1.82, 2.24) is 15.3 Å². The molecule has 0 radical (unpaired) electrons. The number of carbonyl (C=O) groups is 1. The van der Waals surface area contributed by atoms with Gasteiger partial charge in [-0.1, -0.05) is 6.07 Å². The molecule has 6 nitrogen and oxygen atoms in total. The fourth-order valence-electron chi connectivity index (χ4n) is 2.98. The van der Waals surface area contributed by atoms with Crippen molar-refractivity contribution >= 4 is 11.9 Å². The van der Waals surface area contributed by atoms with Gasteiger partial charge in [0.25, 0.3) is 5.91 Å². The topological polar surface area (TPSA) is 67.3 Å². The number of nitrogens with zero attached hydrogens (tertiary/aromatic N) is 3. The minimum absolute atomic E-state index is 0.144. The van der Waals surface area contributed by atoms with Gasteiger partial charge in [-0.25, -0.2) is 9.97 Å². The summed E-state index contributed by atoms with van der Waals surface area (Å²) in [5, 5.41) is 2.92. The van der Waals surface area contributed by atoms with E-state index in [1.807, 2.05) is 19.1 Å². The van der Waals surface area contributed by atoms with Crippen molar-refractivity contribution in [3.63, 3.8) is 0 Å². The summed E-state index contributed by atoms with van der Waals surface area (Å²) in [6.07, 6.45) is 3.63. The highest BCUT2D eigenvalue weighted by Crippen LogP contribution is 2.17. The predicted molar refractivity (Wildman–Crippen MR) is 97.0 cm³/mol. The average molecular weight is 340 g/mol. The molecular formula is C19H24N4O2. The first kappa shape index (κ1) is 17.2. The zero-order valence-corrected chi connectivity index (χ0v) is 14.8. The van der Waals surface area contributed by atoms with Crippen LogP contribution < -0.4 is 15.0 Å². The first-order valence-corrected chi connectivity index (χ1v) is 8.67. The number of hydrogen-bond donors (Lipinski definition) is 1. The van der Waals surface area contributed by atoms with E-state index in [2.05, 4.69) is 20.2 Å². The SMILES string of the molecule is COc1cccc(C(=O)NCc2cc(C)nc(N3CCCCC3)n2)c1. The fourth-order valence-corrected chi connectivity index (χ4v) is 2.98. The highest BCUT2D eigenvalue weighted by atomic mass is 16.5. The lowest BCUT2D eigenvalue weighted by molar-refractivity contribution is 0.0950. The summed E-state index contributed by atoms with van der Waals surface area (Å²) in [5.74, 6) is 1.29. The number of amides is 1. The number of rotatable bonds is 5. The van der Waals surface area contributed by atoms with Gasteiger partial charge < -0.3 is 15.0 Å². The van der Waals surface area contributed by atoms with Gasteiger partial charge in [0, 0.05) is 24.3 Å². The van der Waals surface area contributed by atoms with Gasteiger partial charge in [0.1, 0.15) is 5.75 Å². The van der Waals surface area contributed by atoms with Gasteiger partial charge in [0.15, 0.2) is 0 Å². The van der Waals surface area contributed by atoms with Crippen molar-refractivity contribution in [3.05, 3.63) is 47.3 Å². The molecule has 1 aliphatic rings. The van der Waals surface area contributed by atoms with E-state index in [1.54, 1.807) is 25.3 Å². The molecule has 6 heteroatoms. The normalized spacial score (nSPS) is 14.2. The van der Waals surface area contributed by atoms with Crippen LogP contribution in [0.1, 0.15) is 41.0 Å². The molecule has 0 aliphatic carbocycles. The maximum Gasteiger partial charge on any atom is 0.251 e. The number of aromatic nitrogens is 2. The molecular weight excluding hydrogens is 316 g/mol. The first-order chi connectivity index (χ1) is 12.2. The standard InChI is InChI=1S/C19H24N4O2/c1-14-11-16(22-19(21-14)23-9-4-3-5-10-23)13-20-18(24)15-7-6-8-17(12-15)25-2/h6-8,11-12H,3-5,9-10,13H2,1-2H3,(H,20,24). The molecule has 0 atom stereocenters. The van der Waals surface area contributed by atoms with Crippen LogP contribution in [0.15, 0.2) is 30.3 Å². The highest BCUT2D eigenvalue weighted by Gasteiger charge is 2.15. The molecule has 0 saturated carbocycles. The Bertz CT molecular complexity index is 742. The third-order valence-corrected chi connectivity index (χ3v) is 4.30. The summed E-state index contributed by atoms with van der Waals surface area (Å²) in [7, 11) is 1.59. The van der Waals surface area contributed by atoms with Crippen molar-refractivity contribution in [1.29, 1.82) is 0 Å². The van der Waals surface area contributed by atoms with Crippen LogP contribution in [0, 0.1) is 6.92 Å². The van der Waals surface area contributed by atoms with Gasteiger partial charge in [-0.2, -0.15) is 0 Å². The molecule has 0 bridgehead atoms. The molecule has 1 aromatic carbocycles. The maximum absolute atomic E-state index is 12.3. The Morgan fingerprint density at radius 3 is 2.76 bits per heavy atom. The smallest absolute Gasteiger partial charge is 0.251 e. The minimum atomic E-state index is -0.144. The lowest BCUT2D eigenvalue weighted by atomic mass is 10.1. The van der Waals surface area contributed by atoms with Crippen molar-refractivity contribution in [2.75, 3.05) is 25.1 Å². The number of benzene rings is 1. The lowest BCUT2D eigenvalue weighted by Crippen LogP contribution is -2.32. The second kappa shape index (κ2) is 7.96. The van der Waals surface area contributed by atoms with Gasteiger partial charge in [-0.15, -0.1) is 0 Å². The largest absolute Gasteiger partial charge is 0.497 e. The summed E-state index contributed by atoms with van der Waals surface area (Å²) in [5.41, 5.74) is 2.31. The number of nitrogens with one attached hydrogen (secondary N) is 1. The van der Waals surface area contributed by atoms with Crippen LogP contribution in [0.25, 0.3) is 0 Å². The van der Waals surface area contributed by atoms with Crippen LogP contribution >= 0.6 is 0 Å². The summed E-state index contributed by atoms with van der Waals surface area (Å²) < 4.78 is 5.16. The van der Waals surface area contributed by atoms with Crippen LogP contribution in [0.3, 0.4) is 0 Å².